The molecule has 1 saturated carbocycles. The summed E-state index contributed by atoms with van der Waals surface area (Å²) in [6, 6.07) is 8.66. The van der Waals surface area contributed by atoms with Crippen molar-refractivity contribution < 1.29 is 31.2 Å². The third-order valence-corrected chi connectivity index (χ3v) is 8.36. The molecule has 38 heavy (non-hydrogen) atoms. The molecule has 1 unspecified atom stereocenters. The molecule has 1 aliphatic carbocycles. The number of rotatable bonds is 9. The number of hydrogen-bond acceptors (Lipinski definition) is 4. The van der Waals surface area contributed by atoms with Crippen LogP contribution in [-0.2, 0) is 32.3 Å². The molecule has 2 aromatic carbocycles. The summed E-state index contributed by atoms with van der Waals surface area (Å²) >= 11 is 9.03. The van der Waals surface area contributed by atoms with Gasteiger partial charge in [-0.05, 0) is 55.7 Å². The van der Waals surface area contributed by atoms with Gasteiger partial charge in [0.2, 0.25) is 21.8 Å². The molecule has 0 aromatic heterocycles. The van der Waals surface area contributed by atoms with Crippen molar-refractivity contribution in [3.63, 3.8) is 0 Å². The van der Waals surface area contributed by atoms with E-state index in [9.17, 15) is 31.2 Å². The SMILES string of the molecule is CC(C(=O)NC1CCCC1)N(Cc1ccc(Br)cc1)C(=O)CN(c1ccc(Cl)c(C(F)(F)F)c1)S(C)(=O)=O. The van der Waals surface area contributed by atoms with Gasteiger partial charge in [0.05, 0.1) is 22.5 Å². The van der Waals surface area contributed by atoms with Gasteiger partial charge in [0.15, 0.2) is 0 Å². The molecule has 0 aliphatic heterocycles. The number of sulfonamides is 1. The summed E-state index contributed by atoms with van der Waals surface area (Å²) in [5, 5.41) is 2.34. The van der Waals surface area contributed by atoms with Crippen LogP contribution in [0.15, 0.2) is 46.9 Å². The molecule has 1 atom stereocenters. The number of nitrogens with one attached hydrogen (secondary N) is 1. The van der Waals surface area contributed by atoms with Crippen LogP contribution in [0, 0.1) is 0 Å². The summed E-state index contributed by atoms with van der Waals surface area (Å²) in [5.74, 6) is -1.14. The van der Waals surface area contributed by atoms with Crippen LogP contribution in [0.4, 0.5) is 18.9 Å². The van der Waals surface area contributed by atoms with Gasteiger partial charge in [-0.25, -0.2) is 8.42 Å². The van der Waals surface area contributed by atoms with Crippen molar-refractivity contribution in [3.05, 3.63) is 63.1 Å². The summed E-state index contributed by atoms with van der Waals surface area (Å²) < 4.78 is 66.9. The number of hydrogen-bond donors (Lipinski definition) is 1. The van der Waals surface area contributed by atoms with Gasteiger partial charge in [-0.2, -0.15) is 13.2 Å². The maximum Gasteiger partial charge on any atom is 0.417 e. The highest BCUT2D eigenvalue weighted by Crippen LogP contribution is 2.37. The lowest BCUT2D eigenvalue weighted by Crippen LogP contribution is -2.52. The Morgan fingerprint density at radius 2 is 1.74 bits per heavy atom. The largest absolute Gasteiger partial charge is 0.417 e. The molecule has 1 fully saturated rings. The fourth-order valence-electron chi connectivity index (χ4n) is 4.26. The van der Waals surface area contributed by atoms with E-state index in [1.165, 1.54) is 11.8 Å². The Balaban J connectivity index is 1.93. The van der Waals surface area contributed by atoms with Gasteiger partial charge < -0.3 is 10.2 Å². The fraction of sp³-hybridized carbons (Fsp3) is 0.440. The van der Waals surface area contributed by atoms with Crippen LogP contribution in [0.3, 0.4) is 0 Å². The van der Waals surface area contributed by atoms with Crippen molar-refractivity contribution in [3.8, 4) is 0 Å². The van der Waals surface area contributed by atoms with Gasteiger partial charge >= 0.3 is 6.18 Å². The van der Waals surface area contributed by atoms with E-state index < -0.39 is 45.3 Å². The molecule has 0 saturated heterocycles. The van der Waals surface area contributed by atoms with E-state index in [2.05, 4.69) is 21.2 Å². The highest BCUT2D eigenvalue weighted by atomic mass is 79.9. The monoisotopic (exact) mass is 637 g/mol. The van der Waals surface area contributed by atoms with Crippen molar-refractivity contribution in [2.75, 3.05) is 17.1 Å². The minimum atomic E-state index is -4.83. The van der Waals surface area contributed by atoms with Crippen LogP contribution < -0.4 is 9.62 Å². The smallest absolute Gasteiger partial charge is 0.352 e. The minimum Gasteiger partial charge on any atom is -0.352 e. The molecular weight excluding hydrogens is 611 g/mol. The van der Waals surface area contributed by atoms with E-state index in [0.717, 1.165) is 48.5 Å². The van der Waals surface area contributed by atoms with Crippen LogP contribution in [-0.4, -0.2) is 50.0 Å². The maximum atomic E-state index is 13.6. The summed E-state index contributed by atoms with van der Waals surface area (Å²) in [6.45, 7) is 0.711. The molecule has 1 N–H and O–H groups in total. The van der Waals surface area contributed by atoms with E-state index in [0.29, 0.717) is 15.9 Å². The maximum absolute atomic E-state index is 13.6. The Hall–Kier alpha value is -2.31. The Kier molecular flexibility index (Phi) is 9.75. The fourth-order valence-corrected chi connectivity index (χ4v) is 5.59. The Morgan fingerprint density at radius 1 is 1.13 bits per heavy atom. The number of benzene rings is 2. The Bertz CT molecular complexity index is 1270. The number of anilines is 1. The van der Waals surface area contributed by atoms with Gasteiger partial charge in [-0.3, -0.25) is 13.9 Å². The molecule has 0 spiro atoms. The van der Waals surface area contributed by atoms with E-state index >= 15 is 0 Å². The van der Waals surface area contributed by atoms with Crippen LogP contribution >= 0.6 is 27.5 Å². The van der Waals surface area contributed by atoms with Crippen molar-refractivity contribution in [1.82, 2.24) is 10.2 Å². The molecule has 1 aliphatic rings. The number of carbonyl (C=O) groups is 2. The minimum absolute atomic E-state index is 0.00282. The highest BCUT2D eigenvalue weighted by molar-refractivity contribution is 9.10. The number of nitrogens with zero attached hydrogens (tertiary/aromatic N) is 2. The van der Waals surface area contributed by atoms with E-state index in [4.69, 9.17) is 11.6 Å². The number of alkyl halides is 3. The molecule has 208 valence electrons. The molecule has 3 rings (SSSR count). The normalized spacial score (nSPS) is 15.2. The van der Waals surface area contributed by atoms with Crippen LogP contribution in [0.1, 0.15) is 43.7 Å². The lowest BCUT2D eigenvalue weighted by Gasteiger charge is -2.32. The lowest BCUT2D eigenvalue weighted by atomic mass is 10.1. The first-order valence-electron chi connectivity index (χ1n) is 11.9. The van der Waals surface area contributed by atoms with Crippen molar-refractivity contribution in [2.24, 2.45) is 0 Å². The van der Waals surface area contributed by atoms with E-state index in [1.54, 1.807) is 24.3 Å². The average molecular weight is 639 g/mol. The molecule has 7 nitrogen and oxygen atoms in total. The predicted octanol–water partition coefficient (Wildman–Crippen LogP) is 5.36. The number of halogens is 5. The number of carbonyl (C=O) groups excluding carboxylic acids is 2. The molecule has 13 heteroatoms. The first-order valence-corrected chi connectivity index (χ1v) is 14.9. The third kappa shape index (κ3) is 7.86. The molecule has 2 amide bonds. The summed E-state index contributed by atoms with van der Waals surface area (Å²) in [4.78, 5) is 27.8. The first-order chi connectivity index (χ1) is 17.7. The Morgan fingerprint density at radius 3 is 2.29 bits per heavy atom. The Labute approximate surface area is 233 Å². The lowest BCUT2D eigenvalue weighted by molar-refractivity contribution is -0.139. The van der Waals surface area contributed by atoms with Gasteiger partial charge in [-0.15, -0.1) is 0 Å². The quantitative estimate of drug-likeness (QED) is 0.401. The number of amides is 2. The highest BCUT2D eigenvalue weighted by Gasteiger charge is 2.36. The van der Waals surface area contributed by atoms with E-state index in [-0.39, 0.29) is 24.2 Å². The van der Waals surface area contributed by atoms with Crippen LogP contribution in [0.25, 0.3) is 0 Å². The average Bonchev–Trinajstić information content (AvgIpc) is 3.33. The van der Waals surface area contributed by atoms with E-state index in [1.807, 2.05) is 0 Å². The summed E-state index contributed by atoms with van der Waals surface area (Å²) in [5.41, 5.74) is -0.920. The van der Waals surface area contributed by atoms with Crippen molar-refractivity contribution in [2.45, 2.75) is 57.4 Å². The second kappa shape index (κ2) is 12.3. The standard InChI is InChI=1S/C25H28BrClF3N3O4S/c1-16(24(35)31-19-5-3-4-6-19)32(14-17-7-9-18(26)10-8-17)23(34)15-33(38(2,36)37)20-11-12-22(27)21(13-20)25(28,29)30/h7-13,16,19H,3-6,14-15H2,1-2H3,(H,31,35). The topological polar surface area (TPSA) is 86.8 Å². The van der Waals surface area contributed by atoms with Gasteiger partial charge in [-0.1, -0.05) is 52.5 Å². The summed E-state index contributed by atoms with van der Waals surface area (Å²) in [6.07, 6.45) is -0.396. The van der Waals surface area contributed by atoms with Crippen LogP contribution in [0.2, 0.25) is 5.02 Å². The molecular formula is C25H28BrClF3N3O4S. The van der Waals surface area contributed by atoms with Gasteiger partial charge in [0.1, 0.15) is 12.6 Å². The van der Waals surface area contributed by atoms with Crippen molar-refractivity contribution >= 4 is 55.1 Å². The third-order valence-electron chi connectivity index (χ3n) is 6.36. The van der Waals surface area contributed by atoms with Crippen LogP contribution in [0.5, 0.6) is 0 Å². The zero-order valence-electron chi connectivity index (χ0n) is 20.8. The molecule has 0 heterocycles. The molecule has 0 radical (unpaired) electrons. The van der Waals surface area contributed by atoms with Crippen molar-refractivity contribution in [1.29, 1.82) is 0 Å². The molecule has 2 aromatic rings. The zero-order chi connectivity index (χ0) is 28.3. The first kappa shape index (κ1) is 30.2. The second-order valence-electron chi connectivity index (χ2n) is 9.25. The zero-order valence-corrected chi connectivity index (χ0v) is 23.9. The summed E-state index contributed by atoms with van der Waals surface area (Å²) in [7, 11) is -4.20. The second-order valence-corrected chi connectivity index (χ2v) is 12.5. The van der Waals surface area contributed by atoms with Gasteiger partial charge in [0, 0.05) is 17.1 Å². The molecule has 0 bridgehead atoms. The van der Waals surface area contributed by atoms with Gasteiger partial charge in [0.25, 0.3) is 0 Å². The predicted molar refractivity (Wildman–Crippen MR) is 143 cm³/mol.